The van der Waals surface area contributed by atoms with Crippen LogP contribution in [0.25, 0.3) is 0 Å². The van der Waals surface area contributed by atoms with Crippen molar-refractivity contribution in [2.75, 3.05) is 13.1 Å². The lowest BCUT2D eigenvalue weighted by molar-refractivity contribution is -0.139. The van der Waals surface area contributed by atoms with E-state index in [9.17, 15) is 4.79 Å². The molecule has 0 bridgehead atoms. The fraction of sp³-hybridized carbons (Fsp3) is 0.952. The minimum Gasteiger partial charge on any atom is -0.342 e. The second-order valence-corrected chi connectivity index (χ2v) is 7.70. The number of nitrogens with zero attached hydrogens (tertiary/aromatic N) is 1. The van der Waals surface area contributed by atoms with Gasteiger partial charge in [-0.1, -0.05) is 72.6 Å². The minimum atomic E-state index is 0.349. The monoisotopic (exact) mass is 323 g/mol. The van der Waals surface area contributed by atoms with Crippen LogP contribution in [0.1, 0.15) is 98.3 Å². The molecular weight excluding hydrogens is 282 g/mol. The average Bonchev–Trinajstić information content (AvgIpc) is 2.51. The zero-order chi connectivity index (χ0) is 17.1. The van der Waals surface area contributed by atoms with Gasteiger partial charge in [-0.25, -0.2) is 0 Å². The fourth-order valence-corrected chi connectivity index (χ4v) is 3.63. The quantitative estimate of drug-likeness (QED) is 0.404. The molecule has 0 saturated heterocycles. The number of hydrogen-bond donors (Lipinski definition) is 0. The van der Waals surface area contributed by atoms with Gasteiger partial charge < -0.3 is 4.90 Å². The Hall–Kier alpha value is -0.530. The maximum atomic E-state index is 12.9. The number of hydrogen-bond acceptors (Lipinski definition) is 1. The highest BCUT2D eigenvalue weighted by molar-refractivity contribution is 5.79. The summed E-state index contributed by atoms with van der Waals surface area (Å²) in [6.07, 6.45) is 13.6. The average molecular weight is 324 g/mol. The molecule has 1 aliphatic rings. The molecule has 1 rings (SSSR count). The topological polar surface area (TPSA) is 20.3 Å². The molecule has 0 aromatic rings. The molecule has 2 heteroatoms. The second-order valence-electron chi connectivity index (χ2n) is 7.70. The van der Waals surface area contributed by atoms with Gasteiger partial charge in [0.1, 0.15) is 0 Å². The van der Waals surface area contributed by atoms with Crippen LogP contribution in [0, 0.1) is 17.8 Å². The van der Waals surface area contributed by atoms with Gasteiger partial charge in [-0.3, -0.25) is 4.79 Å². The first-order valence-electron chi connectivity index (χ1n) is 10.4. The molecule has 0 N–H and O–H groups in total. The van der Waals surface area contributed by atoms with E-state index in [0.29, 0.717) is 23.7 Å². The summed E-state index contributed by atoms with van der Waals surface area (Å²) in [5, 5.41) is 0. The summed E-state index contributed by atoms with van der Waals surface area (Å²) < 4.78 is 0. The van der Waals surface area contributed by atoms with E-state index in [0.717, 1.165) is 25.9 Å². The Balaban J connectivity index is 2.64. The Morgan fingerprint density at radius 3 is 1.70 bits per heavy atom. The molecule has 136 valence electrons. The number of amides is 1. The van der Waals surface area contributed by atoms with Crippen LogP contribution in [0.15, 0.2) is 0 Å². The van der Waals surface area contributed by atoms with E-state index in [-0.39, 0.29) is 0 Å². The molecule has 0 aromatic carbocycles. The van der Waals surface area contributed by atoms with Crippen LogP contribution in [0.5, 0.6) is 0 Å². The molecule has 2 nitrogen and oxygen atoms in total. The number of rotatable bonds is 13. The summed E-state index contributed by atoms with van der Waals surface area (Å²) in [7, 11) is 0. The van der Waals surface area contributed by atoms with Crippen LogP contribution in [-0.2, 0) is 4.79 Å². The first-order valence-corrected chi connectivity index (χ1v) is 10.4. The van der Waals surface area contributed by atoms with Gasteiger partial charge in [0.25, 0.3) is 0 Å². The Morgan fingerprint density at radius 1 is 0.913 bits per heavy atom. The Labute approximate surface area is 145 Å². The van der Waals surface area contributed by atoms with Gasteiger partial charge in [0, 0.05) is 19.0 Å². The van der Waals surface area contributed by atoms with Crippen LogP contribution in [0.3, 0.4) is 0 Å². The summed E-state index contributed by atoms with van der Waals surface area (Å²) >= 11 is 0. The Kier molecular flexibility index (Phi) is 10.6. The SMILES string of the molecule is CCCCC(CC)CN(CC(CC)CCCC)C(=O)C1CCC1. The van der Waals surface area contributed by atoms with E-state index in [1.54, 1.807) is 0 Å². The van der Waals surface area contributed by atoms with Gasteiger partial charge in [-0.2, -0.15) is 0 Å². The van der Waals surface area contributed by atoms with Crippen molar-refractivity contribution < 1.29 is 4.79 Å². The van der Waals surface area contributed by atoms with Crippen molar-refractivity contribution in [1.82, 2.24) is 4.90 Å². The molecule has 0 spiro atoms. The van der Waals surface area contributed by atoms with E-state index in [2.05, 4.69) is 32.6 Å². The Bertz CT molecular complexity index is 293. The molecule has 0 radical (unpaired) electrons. The van der Waals surface area contributed by atoms with Gasteiger partial charge in [-0.05, 0) is 37.5 Å². The lowest BCUT2D eigenvalue weighted by Gasteiger charge is -2.36. The van der Waals surface area contributed by atoms with Gasteiger partial charge >= 0.3 is 0 Å². The van der Waals surface area contributed by atoms with Crippen LogP contribution < -0.4 is 0 Å². The van der Waals surface area contributed by atoms with Crippen molar-refractivity contribution in [2.24, 2.45) is 17.8 Å². The van der Waals surface area contributed by atoms with Crippen molar-refractivity contribution in [2.45, 2.75) is 98.3 Å². The summed E-state index contributed by atoms with van der Waals surface area (Å²) in [6.45, 7) is 11.1. The van der Waals surface area contributed by atoms with Crippen LogP contribution >= 0.6 is 0 Å². The first-order chi connectivity index (χ1) is 11.2. The predicted octanol–water partition coefficient (Wildman–Crippen LogP) is 6.05. The van der Waals surface area contributed by atoms with Crippen LogP contribution in [-0.4, -0.2) is 23.9 Å². The summed E-state index contributed by atoms with van der Waals surface area (Å²) in [6, 6.07) is 0. The van der Waals surface area contributed by atoms with Crippen molar-refractivity contribution >= 4 is 5.91 Å². The maximum absolute atomic E-state index is 12.9. The number of carbonyl (C=O) groups is 1. The lowest BCUT2D eigenvalue weighted by Crippen LogP contribution is -2.43. The van der Waals surface area contributed by atoms with Crippen LogP contribution in [0.2, 0.25) is 0 Å². The molecule has 1 amide bonds. The van der Waals surface area contributed by atoms with Crippen molar-refractivity contribution in [3.8, 4) is 0 Å². The molecular formula is C21H41NO. The largest absolute Gasteiger partial charge is 0.342 e. The molecule has 2 unspecified atom stereocenters. The zero-order valence-electron chi connectivity index (χ0n) is 16.3. The zero-order valence-corrected chi connectivity index (χ0v) is 16.3. The standard InChI is InChI=1S/C21H41NO/c1-5-9-12-18(7-3)16-22(21(23)20-14-11-15-20)17-19(8-4)13-10-6-2/h18-20H,5-17H2,1-4H3. The molecule has 23 heavy (non-hydrogen) atoms. The molecule has 2 atom stereocenters. The molecule has 1 saturated carbocycles. The van der Waals surface area contributed by atoms with E-state index >= 15 is 0 Å². The van der Waals surface area contributed by atoms with Crippen LogP contribution in [0.4, 0.5) is 0 Å². The lowest BCUT2D eigenvalue weighted by atomic mass is 9.83. The van der Waals surface area contributed by atoms with Gasteiger partial charge in [0.05, 0.1) is 0 Å². The summed E-state index contributed by atoms with van der Waals surface area (Å²) in [5.74, 6) is 2.22. The highest BCUT2D eigenvalue weighted by Gasteiger charge is 2.31. The third-order valence-electron chi connectivity index (χ3n) is 5.81. The predicted molar refractivity (Wildman–Crippen MR) is 101 cm³/mol. The molecule has 1 fully saturated rings. The first kappa shape index (κ1) is 20.5. The number of carbonyl (C=O) groups excluding carboxylic acids is 1. The maximum Gasteiger partial charge on any atom is 0.225 e. The Morgan fingerprint density at radius 2 is 1.39 bits per heavy atom. The fourth-order valence-electron chi connectivity index (χ4n) is 3.63. The minimum absolute atomic E-state index is 0.349. The summed E-state index contributed by atoms with van der Waals surface area (Å²) in [4.78, 5) is 15.2. The van der Waals surface area contributed by atoms with Gasteiger partial charge in [-0.15, -0.1) is 0 Å². The smallest absolute Gasteiger partial charge is 0.225 e. The summed E-state index contributed by atoms with van der Waals surface area (Å²) in [5.41, 5.74) is 0. The molecule has 0 heterocycles. The highest BCUT2D eigenvalue weighted by Crippen LogP contribution is 2.30. The van der Waals surface area contributed by atoms with Crippen molar-refractivity contribution in [3.63, 3.8) is 0 Å². The molecule has 0 aliphatic heterocycles. The van der Waals surface area contributed by atoms with E-state index < -0.39 is 0 Å². The van der Waals surface area contributed by atoms with Crippen molar-refractivity contribution in [3.05, 3.63) is 0 Å². The van der Waals surface area contributed by atoms with E-state index in [4.69, 9.17) is 0 Å². The molecule has 1 aliphatic carbocycles. The van der Waals surface area contributed by atoms with E-state index in [1.165, 1.54) is 57.8 Å². The van der Waals surface area contributed by atoms with Crippen molar-refractivity contribution in [1.29, 1.82) is 0 Å². The third-order valence-corrected chi connectivity index (χ3v) is 5.81. The number of unbranched alkanes of at least 4 members (excludes halogenated alkanes) is 2. The third kappa shape index (κ3) is 7.27. The second kappa shape index (κ2) is 11.9. The molecule has 0 aromatic heterocycles. The highest BCUT2D eigenvalue weighted by atomic mass is 16.2. The van der Waals surface area contributed by atoms with E-state index in [1.807, 2.05) is 0 Å². The van der Waals surface area contributed by atoms with Gasteiger partial charge in [0.2, 0.25) is 5.91 Å². The van der Waals surface area contributed by atoms with Gasteiger partial charge in [0.15, 0.2) is 0 Å². The normalized spacial score (nSPS) is 17.6.